The zero-order valence-electron chi connectivity index (χ0n) is 14.8. The fourth-order valence-electron chi connectivity index (χ4n) is 3.45. The van der Waals surface area contributed by atoms with Crippen LogP contribution in [0.15, 0.2) is 24.3 Å². The molecule has 3 rings (SSSR count). The summed E-state index contributed by atoms with van der Waals surface area (Å²) < 4.78 is 10.6. The molecule has 134 valence electrons. The average Bonchev–Trinajstić information content (AvgIpc) is 2.92. The summed E-state index contributed by atoms with van der Waals surface area (Å²) in [4.78, 5) is 12.6. The lowest BCUT2D eigenvalue weighted by Gasteiger charge is -2.12. The van der Waals surface area contributed by atoms with E-state index in [0.29, 0.717) is 28.8 Å². The van der Waals surface area contributed by atoms with Gasteiger partial charge in [0.15, 0.2) is 17.3 Å². The number of para-hydroxylation sites is 1. The van der Waals surface area contributed by atoms with Crippen molar-refractivity contribution >= 4 is 11.7 Å². The van der Waals surface area contributed by atoms with Gasteiger partial charge in [-0.1, -0.05) is 31.7 Å². The second kappa shape index (κ2) is 8.05. The van der Waals surface area contributed by atoms with Crippen molar-refractivity contribution < 1.29 is 14.3 Å². The van der Waals surface area contributed by atoms with Crippen LogP contribution in [0.25, 0.3) is 0 Å². The zero-order chi connectivity index (χ0) is 17.6. The molecule has 0 aliphatic heterocycles. The van der Waals surface area contributed by atoms with E-state index in [1.54, 1.807) is 25.3 Å². The third-order valence-electron chi connectivity index (χ3n) is 4.78. The number of hydrogen-bond donors (Lipinski definition) is 2. The number of amides is 1. The summed E-state index contributed by atoms with van der Waals surface area (Å²) >= 11 is 0. The highest BCUT2D eigenvalue weighted by Crippen LogP contribution is 2.33. The quantitative estimate of drug-likeness (QED) is 0.801. The van der Waals surface area contributed by atoms with Crippen molar-refractivity contribution in [2.24, 2.45) is 0 Å². The van der Waals surface area contributed by atoms with E-state index in [0.717, 1.165) is 5.69 Å². The molecule has 0 unspecified atom stereocenters. The molecule has 1 saturated carbocycles. The minimum absolute atomic E-state index is 0.269. The normalized spacial score (nSPS) is 15.4. The van der Waals surface area contributed by atoms with Crippen molar-refractivity contribution in [2.45, 2.75) is 44.4 Å². The number of aromatic nitrogens is 2. The first kappa shape index (κ1) is 17.3. The molecule has 25 heavy (non-hydrogen) atoms. The summed E-state index contributed by atoms with van der Waals surface area (Å²) in [5, 5.41) is 10.2. The molecule has 1 aromatic heterocycles. The Balaban J connectivity index is 1.73. The van der Waals surface area contributed by atoms with Crippen LogP contribution in [-0.2, 0) is 0 Å². The highest BCUT2D eigenvalue weighted by Gasteiger charge is 2.20. The number of methoxy groups -OCH3 is 2. The maximum Gasteiger partial charge on any atom is 0.260 e. The number of H-pyrrole nitrogens is 1. The molecule has 6 nitrogen and oxygen atoms in total. The number of aromatic amines is 1. The number of carbonyl (C=O) groups excluding carboxylic acids is 1. The largest absolute Gasteiger partial charge is 0.493 e. The van der Waals surface area contributed by atoms with E-state index < -0.39 is 0 Å². The molecule has 2 N–H and O–H groups in total. The second-order valence-electron chi connectivity index (χ2n) is 6.39. The Labute approximate surface area is 147 Å². The van der Waals surface area contributed by atoms with Gasteiger partial charge in [-0.25, -0.2) is 0 Å². The number of anilines is 1. The molecular formula is C19H25N3O3. The third-order valence-corrected chi connectivity index (χ3v) is 4.78. The second-order valence-corrected chi connectivity index (χ2v) is 6.39. The summed E-state index contributed by atoms with van der Waals surface area (Å²) in [5.41, 5.74) is 1.52. The van der Waals surface area contributed by atoms with Gasteiger partial charge >= 0.3 is 0 Å². The van der Waals surface area contributed by atoms with Gasteiger partial charge in [-0.2, -0.15) is 5.10 Å². The van der Waals surface area contributed by atoms with Crippen LogP contribution < -0.4 is 14.8 Å². The highest BCUT2D eigenvalue weighted by molar-refractivity contribution is 6.06. The predicted octanol–water partition coefficient (Wildman–Crippen LogP) is 4.12. The van der Waals surface area contributed by atoms with Gasteiger partial charge in [-0.15, -0.1) is 0 Å². The van der Waals surface area contributed by atoms with E-state index in [-0.39, 0.29) is 5.91 Å². The van der Waals surface area contributed by atoms with Gasteiger partial charge in [0.05, 0.1) is 19.8 Å². The summed E-state index contributed by atoms with van der Waals surface area (Å²) in [6.45, 7) is 0. The van der Waals surface area contributed by atoms with E-state index >= 15 is 0 Å². The van der Waals surface area contributed by atoms with Gasteiger partial charge in [0.1, 0.15) is 0 Å². The van der Waals surface area contributed by atoms with E-state index in [4.69, 9.17) is 9.47 Å². The molecule has 0 spiro atoms. The lowest BCUT2D eigenvalue weighted by molar-refractivity contribution is 0.102. The zero-order valence-corrected chi connectivity index (χ0v) is 14.8. The number of hydrogen-bond acceptors (Lipinski definition) is 4. The van der Waals surface area contributed by atoms with E-state index in [1.165, 1.54) is 45.6 Å². The molecule has 0 radical (unpaired) electrons. The maximum absolute atomic E-state index is 12.6. The van der Waals surface area contributed by atoms with Crippen LogP contribution >= 0.6 is 0 Å². The molecule has 1 fully saturated rings. The molecule has 1 amide bonds. The molecule has 1 aromatic carbocycles. The fourth-order valence-corrected chi connectivity index (χ4v) is 3.45. The molecule has 6 heteroatoms. The van der Waals surface area contributed by atoms with Gasteiger partial charge in [0.25, 0.3) is 5.91 Å². The molecule has 1 aliphatic rings. The average molecular weight is 343 g/mol. The highest BCUT2D eigenvalue weighted by atomic mass is 16.5. The van der Waals surface area contributed by atoms with E-state index in [2.05, 4.69) is 15.5 Å². The summed E-state index contributed by atoms with van der Waals surface area (Å²) in [6, 6.07) is 7.17. The first-order valence-electron chi connectivity index (χ1n) is 8.80. The van der Waals surface area contributed by atoms with Crippen LogP contribution in [-0.4, -0.2) is 30.3 Å². The number of rotatable bonds is 5. The van der Waals surface area contributed by atoms with Gasteiger partial charge in [0, 0.05) is 17.7 Å². The molecular weight excluding hydrogens is 318 g/mol. The summed E-state index contributed by atoms with van der Waals surface area (Å²) in [7, 11) is 3.07. The Kier molecular flexibility index (Phi) is 5.58. The van der Waals surface area contributed by atoms with Gasteiger partial charge in [0.2, 0.25) is 0 Å². The standard InChI is InChI=1S/C19H25N3O3/c1-24-16-11-7-10-14(18(16)25-2)19(23)20-17-12-15(21-22-17)13-8-5-3-4-6-9-13/h7,10-13H,3-6,8-9H2,1-2H3,(H2,20,21,22,23). The SMILES string of the molecule is COc1cccc(C(=O)Nc2cc(C3CCCCCC3)[nH]n2)c1OC. The number of nitrogens with one attached hydrogen (secondary N) is 2. The van der Waals surface area contributed by atoms with Crippen LogP contribution in [0, 0.1) is 0 Å². The Morgan fingerprint density at radius 3 is 2.60 bits per heavy atom. The van der Waals surface area contributed by atoms with Crippen LogP contribution in [0.4, 0.5) is 5.82 Å². The van der Waals surface area contributed by atoms with Crippen molar-refractivity contribution in [1.82, 2.24) is 10.2 Å². The van der Waals surface area contributed by atoms with Crippen molar-refractivity contribution in [3.63, 3.8) is 0 Å². The first-order valence-corrected chi connectivity index (χ1v) is 8.80. The number of benzene rings is 1. The topological polar surface area (TPSA) is 76.2 Å². The fraction of sp³-hybridized carbons (Fsp3) is 0.474. The van der Waals surface area contributed by atoms with Crippen molar-refractivity contribution in [1.29, 1.82) is 0 Å². The van der Waals surface area contributed by atoms with Gasteiger partial charge in [-0.3, -0.25) is 9.89 Å². The molecule has 0 bridgehead atoms. The Morgan fingerprint density at radius 2 is 1.92 bits per heavy atom. The number of nitrogens with zero attached hydrogens (tertiary/aromatic N) is 1. The monoisotopic (exact) mass is 343 g/mol. The third kappa shape index (κ3) is 3.95. The van der Waals surface area contributed by atoms with Crippen LogP contribution in [0.2, 0.25) is 0 Å². The minimum atomic E-state index is -0.269. The smallest absolute Gasteiger partial charge is 0.260 e. The maximum atomic E-state index is 12.6. The lowest BCUT2D eigenvalue weighted by Crippen LogP contribution is -2.13. The van der Waals surface area contributed by atoms with Crippen LogP contribution in [0.3, 0.4) is 0 Å². The minimum Gasteiger partial charge on any atom is -0.493 e. The molecule has 0 atom stereocenters. The first-order chi connectivity index (χ1) is 12.2. The summed E-state index contributed by atoms with van der Waals surface area (Å²) in [6.07, 6.45) is 7.49. The lowest BCUT2D eigenvalue weighted by atomic mass is 9.97. The Hall–Kier alpha value is -2.50. The van der Waals surface area contributed by atoms with Gasteiger partial charge in [-0.05, 0) is 25.0 Å². The van der Waals surface area contributed by atoms with Crippen molar-refractivity contribution in [2.75, 3.05) is 19.5 Å². The van der Waals surface area contributed by atoms with Crippen LogP contribution in [0.5, 0.6) is 11.5 Å². The van der Waals surface area contributed by atoms with Crippen LogP contribution in [0.1, 0.15) is 60.5 Å². The van der Waals surface area contributed by atoms with Gasteiger partial charge < -0.3 is 14.8 Å². The molecule has 2 aromatic rings. The van der Waals surface area contributed by atoms with Crippen molar-refractivity contribution in [3.05, 3.63) is 35.5 Å². The Bertz CT molecular complexity index is 718. The van der Waals surface area contributed by atoms with E-state index in [9.17, 15) is 4.79 Å². The molecule has 0 saturated heterocycles. The molecule has 1 heterocycles. The molecule has 1 aliphatic carbocycles. The number of ether oxygens (including phenoxy) is 2. The van der Waals surface area contributed by atoms with E-state index in [1.807, 2.05) is 6.07 Å². The summed E-state index contributed by atoms with van der Waals surface area (Å²) in [5.74, 6) is 1.72. The number of carbonyl (C=O) groups is 1. The van der Waals surface area contributed by atoms with Crippen molar-refractivity contribution in [3.8, 4) is 11.5 Å². The predicted molar refractivity (Wildman–Crippen MR) is 96.5 cm³/mol. The Morgan fingerprint density at radius 1 is 1.16 bits per heavy atom.